The van der Waals surface area contributed by atoms with E-state index >= 15 is 0 Å². The van der Waals surface area contributed by atoms with E-state index in [1.165, 1.54) is 11.3 Å². The maximum absolute atomic E-state index is 12.1. The Kier molecular flexibility index (Phi) is 4.84. The number of esters is 1. The molecule has 18 heavy (non-hydrogen) atoms. The highest BCUT2D eigenvalue weighted by Gasteiger charge is 2.50. The molecule has 0 aliphatic heterocycles. The molecule has 1 N–H and O–H groups in total. The Balaban J connectivity index is 3.13. The van der Waals surface area contributed by atoms with Crippen LogP contribution >= 0.6 is 11.3 Å². The van der Waals surface area contributed by atoms with Crippen molar-refractivity contribution in [1.29, 1.82) is 0 Å². The van der Waals surface area contributed by atoms with E-state index < -0.39 is 17.4 Å². The van der Waals surface area contributed by atoms with Gasteiger partial charge in [0.15, 0.2) is 5.41 Å². The molecule has 1 heterocycles. The van der Waals surface area contributed by atoms with Gasteiger partial charge in [-0.15, -0.1) is 11.3 Å². The van der Waals surface area contributed by atoms with Crippen molar-refractivity contribution in [3.05, 3.63) is 16.6 Å². The quantitative estimate of drug-likeness (QED) is 0.632. The fourth-order valence-electron chi connectivity index (χ4n) is 1.79. The van der Waals surface area contributed by atoms with Crippen molar-refractivity contribution in [2.24, 2.45) is 11.3 Å². The number of carbonyl (C=O) groups excluding carboxylic acids is 1. The highest BCUT2D eigenvalue weighted by atomic mass is 32.1. The van der Waals surface area contributed by atoms with Crippen molar-refractivity contribution in [1.82, 2.24) is 4.98 Å². The maximum atomic E-state index is 12.1. The smallest absolute Gasteiger partial charge is 0.324 e. The highest BCUT2D eigenvalue weighted by molar-refractivity contribution is 7.09. The Morgan fingerprint density at radius 1 is 1.56 bits per heavy atom. The molecule has 1 aromatic heterocycles. The number of hydrogen-bond acceptors (Lipinski definition) is 5. The first-order valence-corrected chi connectivity index (χ1v) is 6.61. The normalized spacial score (nSPS) is 14.2. The number of carbonyl (C=O) groups is 2. The van der Waals surface area contributed by atoms with Crippen molar-refractivity contribution in [3.8, 4) is 0 Å². The molecule has 100 valence electrons. The number of nitrogens with zero attached hydrogens (tertiary/aromatic N) is 1. The number of hydrogen-bond donors (Lipinski definition) is 1. The average molecular weight is 271 g/mol. The van der Waals surface area contributed by atoms with Gasteiger partial charge in [0.25, 0.3) is 0 Å². The van der Waals surface area contributed by atoms with Crippen LogP contribution in [0.4, 0.5) is 0 Å². The number of thiazole rings is 1. The summed E-state index contributed by atoms with van der Waals surface area (Å²) < 4.78 is 4.94. The van der Waals surface area contributed by atoms with E-state index in [1.807, 2.05) is 0 Å². The van der Waals surface area contributed by atoms with E-state index in [-0.39, 0.29) is 18.9 Å². The van der Waals surface area contributed by atoms with E-state index in [9.17, 15) is 14.7 Å². The Morgan fingerprint density at radius 2 is 2.22 bits per heavy atom. The van der Waals surface area contributed by atoms with Crippen LogP contribution in [0, 0.1) is 11.3 Å². The minimum atomic E-state index is -1.54. The zero-order valence-electron chi connectivity index (χ0n) is 10.7. The maximum Gasteiger partial charge on any atom is 0.324 e. The van der Waals surface area contributed by atoms with Crippen LogP contribution in [0.1, 0.15) is 25.6 Å². The number of aliphatic carboxylic acids is 1. The van der Waals surface area contributed by atoms with Crippen LogP contribution in [-0.4, -0.2) is 28.6 Å². The van der Waals surface area contributed by atoms with Crippen LogP contribution in [-0.2, 0) is 20.7 Å². The molecule has 0 saturated heterocycles. The van der Waals surface area contributed by atoms with Gasteiger partial charge in [0, 0.05) is 17.5 Å². The second-order valence-electron chi connectivity index (χ2n) is 4.30. The van der Waals surface area contributed by atoms with Crippen molar-refractivity contribution < 1.29 is 19.4 Å². The molecule has 5 nitrogen and oxygen atoms in total. The van der Waals surface area contributed by atoms with Gasteiger partial charge in [-0.1, -0.05) is 13.8 Å². The fraction of sp³-hybridized carbons (Fsp3) is 0.583. The van der Waals surface area contributed by atoms with Gasteiger partial charge in [-0.3, -0.25) is 14.6 Å². The predicted octanol–water partition coefficient (Wildman–Crippen LogP) is 1.98. The third kappa shape index (κ3) is 2.69. The number of carboxylic acids is 1. The Bertz CT molecular complexity index is 416. The number of aromatic nitrogens is 1. The molecular formula is C12H17NO4S. The molecule has 0 radical (unpaired) electrons. The molecule has 0 aliphatic carbocycles. The van der Waals surface area contributed by atoms with Gasteiger partial charge < -0.3 is 9.84 Å². The zero-order valence-corrected chi connectivity index (χ0v) is 11.5. The molecule has 1 unspecified atom stereocenters. The molecular weight excluding hydrogens is 254 g/mol. The first kappa shape index (κ1) is 14.6. The van der Waals surface area contributed by atoms with Gasteiger partial charge in [-0.2, -0.15) is 0 Å². The molecule has 0 spiro atoms. The van der Waals surface area contributed by atoms with Crippen LogP contribution in [0.5, 0.6) is 0 Å². The highest BCUT2D eigenvalue weighted by Crippen LogP contribution is 2.35. The third-order valence-electron chi connectivity index (χ3n) is 2.94. The van der Waals surface area contributed by atoms with Crippen molar-refractivity contribution in [2.75, 3.05) is 6.61 Å². The van der Waals surface area contributed by atoms with Gasteiger partial charge in [0.2, 0.25) is 0 Å². The lowest BCUT2D eigenvalue weighted by molar-refractivity contribution is -0.172. The summed E-state index contributed by atoms with van der Waals surface area (Å²) in [6.45, 7) is 5.26. The summed E-state index contributed by atoms with van der Waals surface area (Å²) in [4.78, 5) is 28.3. The Hall–Kier alpha value is -1.43. The van der Waals surface area contributed by atoms with E-state index in [0.29, 0.717) is 0 Å². The van der Waals surface area contributed by atoms with Gasteiger partial charge in [-0.25, -0.2) is 0 Å². The molecule has 0 bridgehead atoms. The number of rotatable bonds is 6. The zero-order chi connectivity index (χ0) is 13.8. The SMILES string of the molecule is CCOC(=O)C(Cc1cncs1)(C(=O)O)C(C)C. The summed E-state index contributed by atoms with van der Waals surface area (Å²) in [5.74, 6) is -2.19. The van der Waals surface area contributed by atoms with Gasteiger partial charge in [0.05, 0.1) is 12.1 Å². The van der Waals surface area contributed by atoms with Crippen molar-refractivity contribution in [3.63, 3.8) is 0 Å². The van der Waals surface area contributed by atoms with Crippen LogP contribution in [0.15, 0.2) is 11.7 Å². The molecule has 6 heteroatoms. The van der Waals surface area contributed by atoms with Crippen LogP contribution in [0.2, 0.25) is 0 Å². The topological polar surface area (TPSA) is 76.5 Å². The average Bonchev–Trinajstić information content (AvgIpc) is 2.77. The Morgan fingerprint density at radius 3 is 2.61 bits per heavy atom. The van der Waals surface area contributed by atoms with E-state index in [1.54, 1.807) is 32.5 Å². The summed E-state index contributed by atoms with van der Waals surface area (Å²) in [6, 6.07) is 0. The number of ether oxygens (including phenoxy) is 1. The third-order valence-corrected chi connectivity index (χ3v) is 3.72. The van der Waals surface area contributed by atoms with E-state index in [0.717, 1.165) is 4.88 Å². The summed E-state index contributed by atoms with van der Waals surface area (Å²) >= 11 is 1.34. The summed E-state index contributed by atoms with van der Waals surface area (Å²) in [5, 5.41) is 9.47. The summed E-state index contributed by atoms with van der Waals surface area (Å²) in [7, 11) is 0. The number of carboxylic acid groups (broad SMARTS) is 1. The van der Waals surface area contributed by atoms with Crippen LogP contribution in [0.3, 0.4) is 0 Å². The standard InChI is InChI=1S/C12H17NO4S/c1-4-17-11(16)12(8(2)3,10(14)15)5-9-6-13-7-18-9/h6-8H,4-5H2,1-3H3,(H,14,15). The lowest BCUT2D eigenvalue weighted by Gasteiger charge is -2.30. The lowest BCUT2D eigenvalue weighted by Crippen LogP contribution is -2.46. The lowest BCUT2D eigenvalue weighted by atomic mass is 9.74. The summed E-state index contributed by atoms with van der Waals surface area (Å²) in [5.41, 5.74) is 0.0793. The van der Waals surface area contributed by atoms with E-state index in [4.69, 9.17) is 4.74 Å². The molecule has 0 saturated carbocycles. The molecule has 1 atom stereocenters. The molecule has 1 aromatic rings. The van der Waals surface area contributed by atoms with Crippen molar-refractivity contribution >= 4 is 23.3 Å². The second kappa shape index (κ2) is 5.95. The van der Waals surface area contributed by atoms with Crippen LogP contribution in [0.25, 0.3) is 0 Å². The molecule has 0 aliphatic rings. The van der Waals surface area contributed by atoms with E-state index in [2.05, 4.69) is 4.98 Å². The monoisotopic (exact) mass is 271 g/mol. The molecule has 0 fully saturated rings. The molecule has 1 rings (SSSR count). The van der Waals surface area contributed by atoms with Gasteiger partial charge in [0.1, 0.15) is 0 Å². The predicted molar refractivity (Wildman–Crippen MR) is 67.4 cm³/mol. The second-order valence-corrected chi connectivity index (χ2v) is 5.27. The van der Waals surface area contributed by atoms with Gasteiger partial charge in [-0.05, 0) is 12.8 Å². The van der Waals surface area contributed by atoms with Crippen molar-refractivity contribution in [2.45, 2.75) is 27.2 Å². The first-order chi connectivity index (χ1) is 8.45. The molecule has 0 aromatic carbocycles. The van der Waals surface area contributed by atoms with Crippen LogP contribution < -0.4 is 0 Å². The fourth-order valence-corrected chi connectivity index (χ4v) is 2.48. The minimum absolute atomic E-state index is 0.115. The first-order valence-electron chi connectivity index (χ1n) is 5.73. The Labute approximate surface area is 110 Å². The summed E-state index contributed by atoms with van der Waals surface area (Å²) in [6.07, 6.45) is 1.70. The molecule has 0 amide bonds. The van der Waals surface area contributed by atoms with Gasteiger partial charge >= 0.3 is 11.9 Å². The largest absolute Gasteiger partial charge is 0.480 e. The minimum Gasteiger partial charge on any atom is -0.480 e.